The molecule has 0 radical (unpaired) electrons. The van der Waals surface area contributed by atoms with Crippen LogP contribution in [0.5, 0.6) is 0 Å². The summed E-state index contributed by atoms with van der Waals surface area (Å²) in [6.45, 7) is 1.81. The molecule has 0 amide bonds. The first-order valence-electron chi connectivity index (χ1n) is 5.53. The summed E-state index contributed by atoms with van der Waals surface area (Å²) in [5.74, 6) is -1.01. The lowest BCUT2D eigenvalue weighted by Crippen LogP contribution is -2.02. The third kappa shape index (κ3) is 1.30. The molecule has 3 aromatic rings. The Labute approximate surface area is 103 Å². The van der Waals surface area contributed by atoms with E-state index < -0.39 is 5.97 Å². The molecule has 0 unspecified atom stereocenters. The number of nitrogens with zero attached hydrogens (tertiary/aromatic N) is 3. The average molecular weight is 241 g/mol. The Morgan fingerprint density at radius 2 is 2.17 bits per heavy atom. The van der Waals surface area contributed by atoms with Crippen molar-refractivity contribution in [3.63, 3.8) is 0 Å². The Bertz CT molecular complexity index is 790. The number of aromatic nitrogens is 3. The highest BCUT2D eigenvalue weighted by Gasteiger charge is 2.15. The van der Waals surface area contributed by atoms with Crippen LogP contribution in [0.2, 0.25) is 0 Å². The van der Waals surface area contributed by atoms with Crippen LogP contribution >= 0.6 is 0 Å². The highest BCUT2D eigenvalue weighted by atomic mass is 16.4. The third-order valence-electron chi connectivity index (χ3n) is 3.12. The maximum atomic E-state index is 11.1. The molecule has 1 N–H and O–H groups in total. The number of carboxylic acids is 1. The number of hydrogen-bond donors (Lipinski definition) is 1. The molecule has 0 bridgehead atoms. The molecule has 3 aromatic heterocycles. The number of aryl methyl sites for hydroxylation is 2. The van der Waals surface area contributed by atoms with Crippen LogP contribution in [0.3, 0.4) is 0 Å². The van der Waals surface area contributed by atoms with Gasteiger partial charge in [0.2, 0.25) is 0 Å². The predicted octanol–water partition coefficient (Wildman–Crippen LogP) is 2.13. The van der Waals surface area contributed by atoms with Crippen LogP contribution in [0, 0.1) is 6.92 Å². The Hall–Kier alpha value is -2.43. The molecule has 18 heavy (non-hydrogen) atoms. The number of pyridine rings is 2. The van der Waals surface area contributed by atoms with Crippen molar-refractivity contribution in [2.75, 3.05) is 0 Å². The topological polar surface area (TPSA) is 68.0 Å². The molecule has 5 nitrogen and oxygen atoms in total. The smallest absolute Gasteiger partial charge is 0.354 e. The first-order chi connectivity index (χ1) is 8.59. The highest BCUT2D eigenvalue weighted by molar-refractivity contribution is 6.08. The van der Waals surface area contributed by atoms with Crippen molar-refractivity contribution < 1.29 is 9.90 Å². The van der Waals surface area contributed by atoms with Gasteiger partial charge in [-0.1, -0.05) is 0 Å². The normalized spacial score (nSPS) is 11.2. The summed E-state index contributed by atoms with van der Waals surface area (Å²) in [5, 5.41) is 10.9. The molecule has 0 aliphatic heterocycles. The van der Waals surface area contributed by atoms with E-state index in [4.69, 9.17) is 5.11 Å². The summed E-state index contributed by atoms with van der Waals surface area (Å²) in [5.41, 5.74) is 2.52. The Morgan fingerprint density at radius 3 is 2.89 bits per heavy atom. The van der Waals surface area contributed by atoms with Crippen LogP contribution in [0.25, 0.3) is 21.9 Å². The van der Waals surface area contributed by atoms with E-state index in [9.17, 15) is 4.79 Å². The molecule has 0 atom stereocenters. The van der Waals surface area contributed by atoms with Crippen LogP contribution in [0.1, 0.15) is 16.2 Å². The Balaban J connectivity index is 2.56. The zero-order valence-electron chi connectivity index (χ0n) is 10.0. The first-order valence-corrected chi connectivity index (χ1v) is 5.53. The van der Waals surface area contributed by atoms with E-state index in [1.54, 1.807) is 12.3 Å². The van der Waals surface area contributed by atoms with Gasteiger partial charge >= 0.3 is 5.97 Å². The SMILES string of the molecule is Cc1nc(C(=O)O)cc2c3cccnc3n(C)c12. The van der Waals surface area contributed by atoms with Crippen LogP contribution in [-0.4, -0.2) is 25.6 Å². The van der Waals surface area contributed by atoms with Gasteiger partial charge in [0.15, 0.2) is 0 Å². The molecular weight excluding hydrogens is 230 g/mol. The monoisotopic (exact) mass is 241 g/mol. The third-order valence-corrected chi connectivity index (χ3v) is 3.12. The van der Waals surface area contributed by atoms with E-state index in [-0.39, 0.29) is 5.69 Å². The lowest BCUT2D eigenvalue weighted by Gasteiger charge is -2.02. The van der Waals surface area contributed by atoms with Crippen molar-refractivity contribution in [2.45, 2.75) is 6.92 Å². The van der Waals surface area contributed by atoms with E-state index in [0.717, 1.165) is 21.9 Å². The largest absolute Gasteiger partial charge is 0.477 e. The van der Waals surface area contributed by atoms with Gasteiger partial charge in [-0.2, -0.15) is 0 Å². The van der Waals surface area contributed by atoms with Crippen molar-refractivity contribution >= 4 is 27.9 Å². The lowest BCUT2D eigenvalue weighted by molar-refractivity contribution is 0.0690. The van der Waals surface area contributed by atoms with Crippen molar-refractivity contribution in [2.24, 2.45) is 7.05 Å². The average Bonchev–Trinajstić information content (AvgIpc) is 2.64. The fourth-order valence-corrected chi connectivity index (χ4v) is 2.38. The standard InChI is InChI=1S/C13H11N3O2/c1-7-11-9(6-10(15-7)13(17)18)8-4-3-5-14-12(8)16(11)2/h3-6H,1-2H3,(H,17,18). The summed E-state index contributed by atoms with van der Waals surface area (Å²) in [4.78, 5) is 19.5. The maximum absolute atomic E-state index is 11.1. The molecule has 0 aliphatic rings. The molecule has 0 fully saturated rings. The minimum Gasteiger partial charge on any atom is -0.477 e. The first kappa shape index (κ1) is 10.7. The fourth-order valence-electron chi connectivity index (χ4n) is 2.38. The Morgan fingerprint density at radius 1 is 1.39 bits per heavy atom. The summed E-state index contributed by atoms with van der Waals surface area (Å²) < 4.78 is 1.94. The van der Waals surface area contributed by atoms with Crippen LogP contribution in [0.15, 0.2) is 24.4 Å². The molecule has 0 aliphatic carbocycles. The van der Waals surface area contributed by atoms with Crippen LogP contribution < -0.4 is 0 Å². The van der Waals surface area contributed by atoms with Gasteiger partial charge < -0.3 is 9.67 Å². The molecule has 3 rings (SSSR count). The quantitative estimate of drug-likeness (QED) is 0.708. The van der Waals surface area contributed by atoms with Gasteiger partial charge in [-0.25, -0.2) is 14.8 Å². The summed E-state index contributed by atoms with van der Waals surface area (Å²) in [7, 11) is 1.91. The van der Waals surface area contributed by atoms with E-state index in [2.05, 4.69) is 9.97 Å². The fraction of sp³-hybridized carbons (Fsp3) is 0.154. The molecule has 0 spiro atoms. The van der Waals surface area contributed by atoms with Gasteiger partial charge in [0.1, 0.15) is 11.3 Å². The molecular formula is C13H11N3O2. The number of fused-ring (bicyclic) bond motifs is 3. The predicted molar refractivity (Wildman–Crippen MR) is 67.7 cm³/mol. The zero-order chi connectivity index (χ0) is 12.9. The summed E-state index contributed by atoms with van der Waals surface area (Å²) in [6.07, 6.45) is 1.72. The lowest BCUT2D eigenvalue weighted by atomic mass is 10.1. The zero-order valence-corrected chi connectivity index (χ0v) is 10.0. The second-order valence-electron chi connectivity index (χ2n) is 4.23. The maximum Gasteiger partial charge on any atom is 0.354 e. The molecule has 0 saturated heterocycles. The minimum absolute atomic E-state index is 0.0661. The van der Waals surface area contributed by atoms with E-state index in [1.165, 1.54) is 0 Å². The molecule has 90 valence electrons. The number of hydrogen-bond acceptors (Lipinski definition) is 3. The van der Waals surface area contributed by atoms with Gasteiger partial charge in [0.25, 0.3) is 0 Å². The van der Waals surface area contributed by atoms with E-state index in [0.29, 0.717) is 5.69 Å². The highest BCUT2D eigenvalue weighted by Crippen LogP contribution is 2.28. The van der Waals surface area contributed by atoms with Gasteiger partial charge in [-0.05, 0) is 25.1 Å². The van der Waals surface area contributed by atoms with Gasteiger partial charge in [0.05, 0.1) is 11.2 Å². The van der Waals surface area contributed by atoms with Gasteiger partial charge in [0, 0.05) is 24.0 Å². The molecule has 0 saturated carbocycles. The Kier molecular flexibility index (Phi) is 2.10. The summed E-state index contributed by atoms with van der Waals surface area (Å²) in [6, 6.07) is 5.39. The van der Waals surface area contributed by atoms with Crippen LogP contribution in [0.4, 0.5) is 0 Å². The van der Waals surface area contributed by atoms with Crippen molar-refractivity contribution in [1.29, 1.82) is 0 Å². The van der Waals surface area contributed by atoms with E-state index in [1.807, 2.05) is 30.7 Å². The van der Waals surface area contributed by atoms with Gasteiger partial charge in [-0.15, -0.1) is 0 Å². The number of rotatable bonds is 1. The van der Waals surface area contributed by atoms with Gasteiger partial charge in [-0.3, -0.25) is 0 Å². The van der Waals surface area contributed by atoms with E-state index >= 15 is 0 Å². The minimum atomic E-state index is -1.01. The van der Waals surface area contributed by atoms with Crippen LogP contribution in [-0.2, 0) is 7.05 Å². The second-order valence-corrected chi connectivity index (χ2v) is 4.23. The number of carboxylic acid groups (broad SMARTS) is 1. The number of carbonyl (C=O) groups is 1. The van der Waals surface area contributed by atoms with Crippen molar-refractivity contribution in [3.05, 3.63) is 35.8 Å². The van der Waals surface area contributed by atoms with Crippen molar-refractivity contribution in [1.82, 2.24) is 14.5 Å². The molecule has 5 heteroatoms. The molecule has 3 heterocycles. The number of aromatic carboxylic acids is 1. The van der Waals surface area contributed by atoms with Crippen molar-refractivity contribution in [3.8, 4) is 0 Å². The molecule has 0 aromatic carbocycles. The summed E-state index contributed by atoms with van der Waals surface area (Å²) >= 11 is 0. The second kappa shape index (κ2) is 3.53.